The highest BCUT2D eigenvalue weighted by Crippen LogP contribution is 2.24. The van der Waals surface area contributed by atoms with Crippen LogP contribution in [0.25, 0.3) is 11.0 Å². The molecule has 1 aliphatic rings. The number of rotatable bonds is 4. The molecule has 1 amide bonds. The lowest BCUT2D eigenvalue weighted by atomic mass is 10.1. The van der Waals surface area contributed by atoms with Crippen LogP contribution in [0.1, 0.15) is 23.5 Å². The van der Waals surface area contributed by atoms with E-state index in [1.807, 2.05) is 24.3 Å². The van der Waals surface area contributed by atoms with Crippen molar-refractivity contribution in [2.24, 2.45) is 7.05 Å². The lowest BCUT2D eigenvalue weighted by Gasteiger charge is -2.22. The molecular weight excluding hydrogens is 406 g/mol. The molecule has 3 heterocycles. The van der Waals surface area contributed by atoms with E-state index >= 15 is 0 Å². The molecule has 0 N–H and O–H groups in total. The molecule has 9 nitrogen and oxygen atoms in total. The summed E-state index contributed by atoms with van der Waals surface area (Å²) in [5, 5.41) is 9.09. The fourth-order valence-corrected chi connectivity index (χ4v) is 5.83. The summed E-state index contributed by atoms with van der Waals surface area (Å²) in [5.74, 6) is -0.0814. The van der Waals surface area contributed by atoms with E-state index in [0.717, 1.165) is 5.39 Å². The Hall–Kier alpha value is -2.72. The summed E-state index contributed by atoms with van der Waals surface area (Å²) >= 11 is 0. The van der Waals surface area contributed by atoms with Crippen molar-refractivity contribution in [2.75, 3.05) is 26.2 Å². The average molecular weight is 432 g/mol. The van der Waals surface area contributed by atoms with Crippen molar-refractivity contribution >= 4 is 26.9 Å². The van der Waals surface area contributed by atoms with Crippen LogP contribution in [0.5, 0.6) is 0 Å². The van der Waals surface area contributed by atoms with Gasteiger partial charge in [0.05, 0.1) is 17.8 Å². The van der Waals surface area contributed by atoms with Gasteiger partial charge in [0.1, 0.15) is 10.6 Å². The molecule has 0 radical (unpaired) electrons. The van der Waals surface area contributed by atoms with Crippen LogP contribution in [0.15, 0.2) is 33.7 Å². The molecule has 0 unspecified atom stereocenters. The van der Waals surface area contributed by atoms with Crippen molar-refractivity contribution in [1.82, 2.24) is 24.1 Å². The van der Waals surface area contributed by atoms with Crippen molar-refractivity contribution in [3.8, 4) is 0 Å². The van der Waals surface area contributed by atoms with Crippen molar-refractivity contribution in [1.29, 1.82) is 0 Å². The lowest BCUT2D eigenvalue weighted by Crippen LogP contribution is -2.38. The molecule has 2 aromatic heterocycles. The Labute approximate surface area is 175 Å². The molecule has 0 spiro atoms. The van der Waals surface area contributed by atoms with E-state index < -0.39 is 10.0 Å². The number of fused-ring (bicyclic) bond motifs is 1. The van der Waals surface area contributed by atoms with Gasteiger partial charge in [-0.3, -0.25) is 9.48 Å². The van der Waals surface area contributed by atoms with E-state index in [0.29, 0.717) is 48.7 Å². The number of carbonyl (C=O) groups is 1. The largest absolute Gasteiger partial charge is 0.356 e. The second-order valence-electron chi connectivity index (χ2n) is 7.56. The van der Waals surface area contributed by atoms with E-state index in [2.05, 4.69) is 10.3 Å². The van der Waals surface area contributed by atoms with E-state index in [-0.39, 0.29) is 23.8 Å². The predicted molar refractivity (Wildman–Crippen MR) is 110 cm³/mol. The minimum Gasteiger partial charge on any atom is -0.356 e. The fraction of sp³-hybridized carbons (Fsp3) is 0.450. The standard InChI is InChI=1S/C20H25N5O4S/c1-14-20(15(2)23(3)21-14)30(27,28)25-10-6-9-24(11-12-25)19(26)13-17-16-7-4-5-8-18(16)29-22-17/h4-5,7-8H,6,9-13H2,1-3H3. The molecule has 1 aliphatic heterocycles. The van der Waals surface area contributed by atoms with E-state index in [1.165, 1.54) is 4.31 Å². The summed E-state index contributed by atoms with van der Waals surface area (Å²) in [6.07, 6.45) is 0.702. The first-order chi connectivity index (χ1) is 14.3. The zero-order chi connectivity index (χ0) is 21.5. The molecule has 4 rings (SSSR count). The van der Waals surface area contributed by atoms with Gasteiger partial charge in [0.25, 0.3) is 0 Å². The molecule has 10 heteroatoms. The quantitative estimate of drug-likeness (QED) is 0.622. The van der Waals surface area contributed by atoms with Crippen molar-refractivity contribution < 1.29 is 17.7 Å². The summed E-state index contributed by atoms with van der Waals surface area (Å²) < 4.78 is 34.8. The number of para-hydroxylation sites is 1. The first-order valence-electron chi connectivity index (χ1n) is 9.90. The number of carbonyl (C=O) groups excluding carboxylic acids is 1. The van der Waals surface area contributed by atoms with E-state index in [9.17, 15) is 13.2 Å². The maximum Gasteiger partial charge on any atom is 0.246 e. The van der Waals surface area contributed by atoms with Crippen molar-refractivity contribution in [2.45, 2.75) is 31.6 Å². The number of aromatic nitrogens is 3. The van der Waals surface area contributed by atoms with Gasteiger partial charge >= 0.3 is 0 Å². The molecule has 1 saturated heterocycles. The second-order valence-corrected chi connectivity index (χ2v) is 9.44. The third-order valence-corrected chi connectivity index (χ3v) is 7.77. The van der Waals surface area contributed by atoms with Crippen LogP contribution in [-0.2, 0) is 28.3 Å². The predicted octanol–water partition coefficient (Wildman–Crippen LogP) is 1.64. The van der Waals surface area contributed by atoms with Crippen LogP contribution < -0.4 is 0 Å². The highest BCUT2D eigenvalue weighted by atomic mass is 32.2. The fourth-order valence-electron chi connectivity index (χ4n) is 3.96. The number of amides is 1. The summed E-state index contributed by atoms with van der Waals surface area (Å²) in [4.78, 5) is 14.8. The summed E-state index contributed by atoms with van der Waals surface area (Å²) in [6, 6.07) is 7.43. The van der Waals surface area contributed by atoms with Gasteiger partial charge in [0.2, 0.25) is 15.9 Å². The minimum atomic E-state index is -3.67. The monoisotopic (exact) mass is 431 g/mol. The number of aryl methyl sites for hydroxylation is 2. The molecule has 1 fully saturated rings. The van der Waals surface area contributed by atoms with Gasteiger partial charge in [0.15, 0.2) is 5.58 Å². The van der Waals surface area contributed by atoms with E-state index in [1.54, 1.807) is 30.5 Å². The lowest BCUT2D eigenvalue weighted by molar-refractivity contribution is -0.130. The van der Waals surface area contributed by atoms with E-state index in [4.69, 9.17) is 4.52 Å². The van der Waals surface area contributed by atoms with Gasteiger partial charge in [-0.25, -0.2) is 8.42 Å². The highest BCUT2D eigenvalue weighted by Gasteiger charge is 2.32. The van der Waals surface area contributed by atoms with Crippen molar-refractivity contribution in [3.63, 3.8) is 0 Å². The molecule has 160 valence electrons. The summed E-state index contributed by atoms with van der Waals surface area (Å²) in [6.45, 7) is 4.92. The third kappa shape index (κ3) is 3.61. The number of benzene rings is 1. The molecule has 1 aromatic carbocycles. The molecule has 0 bridgehead atoms. The van der Waals surface area contributed by atoms with Gasteiger partial charge < -0.3 is 9.42 Å². The Morgan fingerprint density at radius 3 is 2.63 bits per heavy atom. The van der Waals surface area contributed by atoms with Gasteiger partial charge in [-0.2, -0.15) is 9.40 Å². The average Bonchev–Trinajstić information content (AvgIpc) is 3.09. The number of hydrogen-bond donors (Lipinski definition) is 0. The van der Waals surface area contributed by atoms with Crippen LogP contribution >= 0.6 is 0 Å². The topological polar surface area (TPSA) is 102 Å². The molecule has 0 saturated carbocycles. The molecule has 30 heavy (non-hydrogen) atoms. The molecule has 0 aliphatic carbocycles. The van der Waals surface area contributed by atoms with Gasteiger partial charge in [-0.1, -0.05) is 17.3 Å². The maximum atomic E-state index is 13.2. The zero-order valence-corrected chi connectivity index (χ0v) is 18.1. The third-order valence-electron chi connectivity index (χ3n) is 5.62. The highest BCUT2D eigenvalue weighted by molar-refractivity contribution is 7.89. The Balaban J connectivity index is 1.48. The Bertz CT molecular complexity index is 1200. The normalized spacial score (nSPS) is 16.2. The number of sulfonamides is 1. The first-order valence-corrected chi connectivity index (χ1v) is 11.3. The first kappa shape index (κ1) is 20.5. The van der Waals surface area contributed by atoms with Gasteiger partial charge in [-0.15, -0.1) is 0 Å². The van der Waals surface area contributed by atoms with Crippen LogP contribution in [0.3, 0.4) is 0 Å². The molecule has 0 atom stereocenters. The minimum absolute atomic E-state index is 0.0814. The maximum absolute atomic E-state index is 13.2. The Morgan fingerprint density at radius 2 is 1.90 bits per heavy atom. The van der Waals surface area contributed by atoms with Crippen LogP contribution in [0.4, 0.5) is 0 Å². The number of hydrogen-bond acceptors (Lipinski definition) is 6. The van der Waals surface area contributed by atoms with Crippen LogP contribution in [0.2, 0.25) is 0 Å². The number of nitrogens with zero attached hydrogens (tertiary/aromatic N) is 5. The van der Waals surface area contributed by atoms with Gasteiger partial charge in [-0.05, 0) is 32.4 Å². The zero-order valence-electron chi connectivity index (χ0n) is 17.3. The second kappa shape index (κ2) is 7.84. The van der Waals surface area contributed by atoms with Crippen LogP contribution in [0, 0.1) is 13.8 Å². The smallest absolute Gasteiger partial charge is 0.246 e. The summed E-state index contributed by atoms with van der Waals surface area (Å²) in [7, 11) is -1.94. The Kier molecular flexibility index (Phi) is 5.37. The van der Waals surface area contributed by atoms with Crippen molar-refractivity contribution in [3.05, 3.63) is 41.3 Å². The molecular formula is C20H25N5O4S. The molecule has 3 aromatic rings. The van der Waals surface area contributed by atoms with Gasteiger partial charge in [0, 0.05) is 38.6 Å². The SMILES string of the molecule is Cc1nn(C)c(C)c1S(=O)(=O)N1CCCN(C(=O)Cc2noc3ccccc23)CC1. The Morgan fingerprint density at radius 1 is 1.13 bits per heavy atom. The summed E-state index contributed by atoms with van der Waals surface area (Å²) in [5.41, 5.74) is 2.36. The van der Waals surface area contributed by atoms with Crippen LogP contribution in [-0.4, -0.2) is 64.6 Å².